The number of nitrogens with one attached hydrogen (secondary N) is 1. The molecule has 1 fully saturated rings. The lowest BCUT2D eigenvalue weighted by Crippen LogP contribution is -2.55. The van der Waals surface area contributed by atoms with Gasteiger partial charge in [0.15, 0.2) is 17.0 Å². The summed E-state index contributed by atoms with van der Waals surface area (Å²) in [5.41, 5.74) is -0.568. The maximum absolute atomic E-state index is 12.2. The highest BCUT2D eigenvalue weighted by atomic mass is 16.5. The third kappa shape index (κ3) is 3.96. The first-order valence-electron chi connectivity index (χ1n) is 7.87. The third-order valence-corrected chi connectivity index (χ3v) is 4.22. The highest BCUT2D eigenvalue weighted by Crippen LogP contribution is 2.40. The topological polar surface area (TPSA) is 103 Å². The fourth-order valence-electron chi connectivity index (χ4n) is 2.82. The minimum Gasteiger partial charge on any atom is -0.493 e. The van der Waals surface area contributed by atoms with Crippen molar-refractivity contribution in [3.8, 4) is 17.2 Å². The van der Waals surface area contributed by atoms with Gasteiger partial charge in [-0.05, 0) is 18.1 Å². The van der Waals surface area contributed by atoms with Crippen molar-refractivity contribution in [1.82, 2.24) is 5.32 Å². The predicted molar refractivity (Wildman–Crippen MR) is 88.4 cm³/mol. The Hall–Kier alpha value is -2.48. The van der Waals surface area contributed by atoms with Gasteiger partial charge in [0.1, 0.15) is 0 Å². The van der Waals surface area contributed by atoms with Gasteiger partial charge in [0.05, 0.1) is 27.9 Å². The van der Waals surface area contributed by atoms with Gasteiger partial charge in [0, 0.05) is 19.4 Å². The molecule has 8 nitrogen and oxygen atoms in total. The zero-order valence-corrected chi connectivity index (χ0v) is 14.6. The number of amides is 1. The number of carbonyl (C=O) groups excluding carboxylic acids is 1. The van der Waals surface area contributed by atoms with Gasteiger partial charge in [-0.2, -0.15) is 0 Å². The van der Waals surface area contributed by atoms with Crippen LogP contribution in [0.2, 0.25) is 0 Å². The van der Waals surface area contributed by atoms with Gasteiger partial charge < -0.3 is 29.4 Å². The summed E-state index contributed by atoms with van der Waals surface area (Å²) >= 11 is 0. The average Bonchev–Trinajstić information content (AvgIpc) is 3.08. The molecule has 25 heavy (non-hydrogen) atoms. The van der Waals surface area contributed by atoms with Gasteiger partial charge >= 0.3 is 5.97 Å². The molecule has 0 bridgehead atoms. The van der Waals surface area contributed by atoms with Gasteiger partial charge in [-0.3, -0.25) is 4.79 Å². The maximum Gasteiger partial charge on any atom is 0.331 e. The molecular weight excluding hydrogens is 330 g/mol. The molecule has 2 rings (SSSR count). The summed E-state index contributed by atoms with van der Waals surface area (Å²) in [7, 11) is 4.54. The highest BCUT2D eigenvalue weighted by Gasteiger charge is 2.43. The summed E-state index contributed by atoms with van der Waals surface area (Å²) in [6.45, 7) is 0.295. The van der Waals surface area contributed by atoms with Crippen molar-refractivity contribution in [3.05, 3.63) is 17.7 Å². The van der Waals surface area contributed by atoms with Gasteiger partial charge in [-0.25, -0.2) is 4.79 Å². The van der Waals surface area contributed by atoms with E-state index < -0.39 is 11.5 Å². The number of hydrogen-bond donors (Lipinski definition) is 2. The zero-order valence-electron chi connectivity index (χ0n) is 14.6. The molecule has 1 aromatic rings. The van der Waals surface area contributed by atoms with Gasteiger partial charge in [0.25, 0.3) is 0 Å². The molecule has 1 aromatic carbocycles. The second-order valence-electron chi connectivity index (χ2n) is 5.73. The van der Waals surface area contributed by atoms with Crippen LogP contribution in [0.15, 0.2) is 12.1 Å². The first-order valence-corrected chi connectivity index (χ1v) is 7.87. The van der Waals surface area contributed by atoms with Crippen LogP contribution < -0.4 is 19.5 Å². The summed E-state index contributed by atoms with van der Waals surface area (Å²) in [6, 6.07) is 3.53. The molecule has 0 spiro atoms. The smallest absolute Gasteiger partial charge is 0.331 e. The molecule has 0 saturated carbocycles. The molecule has 1 saturated heterocycles. The number of carboxylic acids is 1. The van der Waals surface area contributed by atoms with E-state index in [2.05, 4.69) is 5.32 Å². The van der Waals surface area contributed by atoms with Crippen LogP contribution in [0.5, 0.6) is 17.2 Å². The molecule has 0 aliphatic carbocycles. The van der Waals surface area contributed by atoms with E-state index in [1.807, 2.05) is 0 Å². The van der Waals surface area contributed by atoms with E-state index in [0.29, 0.717) is 30.3 Å². The van der Waals surface area contributed by atoms with Crippen LogP contribution in [0.3, 0.4) is 0 Å². The lowest BCUT2D eigenvalue weighted by Gasteiger charge is -2.23. The normalized spacial score (nSPS) is 19.3. The monoisotopic (exact) mass is 353 g/mol. The second-order valence-corrected chi connectivity index (χ2v) is 5.73. The fraction of sp³-hybridized carbons (Fsp3) is 0.529. The van der Waals surface area contributed by atoms with Crippen LogP contribution in [0, 0.1) is 0 Å². The standard InChI is InChI=1S/C17H23NO7/c1-22-12-6-4-11(14(23-2)15(12)24-3)5-7-13(19)18-17(16(20)21)8-9-25-10-17/h4,6H,5,7-10H2,1-3H3,(H,18,19)(H,20,21). The zero-order chi connectivity index (χ0) is 18.4. The van der Waals surface area contributed by atoms with Crippen molar-refractivity contribution >= 4 is 11.9 Å². The number of ether oxygens (including phenoxy) is 4. The molecule has 1 aliphatic rings. The van der Waals surface area contributed by atoms with Crippen molar-refractivity contribution < 1.29 is 33.6 Å². The molecule has 1 unspecified atom stereocenters. The molecule has 1 heterocycles. The van der Waals surface area contributed by atoms with Crippen molar-refractivity contribution in [2.45, 2.75) is 24.8 Å². The second kappa shape index (κ2) is 8.06. The number of carboxylic acid groups (broad SMARTS) is 1. The number of aliphatic carboxylic acids is 1. The molecule has 1 atom stereocenters. The Bertz CT molecular complexity index is 638. The van der Waals surface area contributed by atoms with E-state index in [0.717, 1.165) is 5.56 Å². The quantitative estimate of drug-likeness (QED) is 0.719. The van der Waals surface area contributed by atoms with Gasteiger partial charge in [-0.15, -0.1) is 0 Å². The summed E-state index contributed by atoms with van der Waals surface area (Å²) in [5, 5.41) is 12.0. The number of rotatable bonds is 8. The summed E-state index contributed by atoms with van der Waals surface area (Å²) in [6.07, 6.45) is 0.737. The Kier molecular flexibility index (Phi) is 6.08. The Morgan fingerprint density at radius 3 is 2.44 bits per heavy atom. The highest BCUT2D eigenvalue weighted by molar-refractivity contribution is 5.87. The summed E-state index contributed by atoms with van der Waals surface area (Å²) < 4.78 is 21.1. The van der Waals surface area contributed by atoms with E-state index >= 15 is 0 Å². The fourth-order valence-corrected chi connectivity index (χ4v) is 2.82. The Balaban J connectivity index is 2.08. The van der Waals surface area contributed by atoms with E-state index in [9.17, 15) is 14.7 Å². The SMILES string of the molecule is COc1ccc(CCC(=O)NC2(C(=O)O)CCOC2)c(OC)c1OC. The molecule has 8 heteroatoms. The third-order valence-electron chi connectivity index (χ3n) is 4.22. The first-order chi connectivity index (χ1) is 12.0. The van der Waals surface area contributed by atoms with Crippen LogP contribution in [0.1, 0.15) is 18.4 Å². The lowest BCUT2D eigenvalue weighted by atomic mass is 9.98. The largest absolute Gasteiger partial charge is 0.493 e. The number of aryl methyl sites for hydroxylation is 1. The van der Waals surface area contributed by atoms with Gasteiger partial charge in [0.2, 0.25) is 11.7 Å². The van der Waals surface area contributed by atoms with Crippen LogP contribution in [0.25, 0.3) is 0 Å². The van der Waals surface area contributed by atoms with Crippen molar-refractivity contribution in [3.63, 3.8) is 0 Å². The number of carbonyl (C=O) groups is 2. The molecule has 138 valence electrons. The molecule has 1 aliphatic heterocycles. The lowest BCUT2D eigenvalue weighted by molar-refractivity contribution is -0.147. The Morgan fingerprint density at radius 2 is 1.92 bits per heavy atom. The molecule has 1 amide bonds. The Labute approximate surface area is 146 Å². The van der Waals surface area contributed by atoms with E-state index in [1.54, 1.807) is 12.1 Å². The number of hydrogen-bond acceptors (Lipinski definition) is 6. The van der Waals surface area contributed by atoms with Crippen molar-refractivity contribution in [1.29, 1.82) is 0 Å². The number of methoxy groups -OCH3 is 3. The van der Waals surface area contributed by atoms with E-state index in [1.165, 1.54) is 21.3 Å². The molecule has 0 aromatic heterocycles. The van der Waals surface area contributed by atoms with Crippen LogP contribution in [0.4, 0.5) is 0 Å². The first kappa shape index (κ1) is 18.9. The van der Waals surface area contributed by atoms with Crippen molar-refractivity contribution in [2.24, 2.45) is 0 Å². The van der Waals surface area contributed by atoms with Crippen LogP contribution >= 0.6 is 0 Å². The minimum absolute atomic E-state index is 0.0201. The minimum atomic E-state index is -1.33. The molecular formula is C17H23NO7. The van der Waals surface area contributed by atoms with E-state index in [-0.39, 0.29) is 25.4 Å². The van der Waals surface area contributed by atoms with Gasteiger partial charge in [-0.1, -0.05) is 6.07 Å². The van der Waals surface area contributed by atoms with Crippen molar-refractivity contribution in [2.75, 3.05) is 34.5 Å². The Morgan fingerprint density at radius 1 is 1.20 bits per heavy atom. The molecule has 0 radical (unpaired) electrons. The number of benzene rings is 1. The summed E-state index contributed by atoms with van der Waals surface area (Å²) in [4.78, 5) is 23.7. The van der Waals surface area contributed by atoms with Crippen LogP contribution in [-0.2, 0) is 20.7 Å². The average molecular weight is 353 g/mol. The predicted octanol–water partition coefficient (Wildman–Crippen LogP) is 1.00. The summed E-state index contributed by atoms with van der Waals surface area (Å²) in [5.74, 6) is 0.0353. The molecule has 2 N–H and O–H groups in total. The van der Waals surface area contributed by atoms with E-state index in [4.69, 9.17) is 18.9 Å². The maximum atomic E-state index is 12.2. The van der Waals surface area contributed by atoms with Crippen LogP contribution in [-0.4, -0.2) is 57.1 Å².